The van der Waals surface area contributed by atoms with E-state index in [0.29, 0.717) is 24.0 Å². The van der Waals surface area contributed by atoms with E-state index in [2.05, 4.69) is 15.1 Å². The molecule has 2 aromatic heterocycles. The van der Waals surface area contributed by atoms with Crippen molar-refractivity contribution in [2.24, 2.45) is 5.73 Å². The first kappa shape index (κ1) is 13.1. The van der Waals surface area contributed by atoms with Gasteiger partial charge in [-0.05, 0) is 13.3 Å². The van der Waals surface area contributed by atoms with Crippen molar-refractivity contribution >= 4 is 11.3 Å². The van der Waals surface area contributed by atoms with Crippen LogP contribution in [0.1, 0.15) is 30.2 Å². The zero-order valence-electron chi connectivity index (χ0n) is 10.4. The van der Waals surface area contributed by atoms with Crippen LogP contribution >= 0.6 is 11.3 Å². The van der Waals surface area contributed by atoms with Gasteiger partial charge in [0.2, 0.25) is 0 Å². The lowest BCUT2D eigenvalue weighted by Crippen LogP contribution is -2.03. The lowest BCUT2D eigenvalue weighted by atomic mass is 10.3. The van der Waals surface area contributed by atoms with E-state index in [0.717, 1.165) is 17.8 Å². The maximum atomic E-state index is 5.76. The summed E-state index contributed by atoms with van der Waals surface area (Å²) in [5.41, 5.74) is 6.45. The first-order valence-corrected chi connectivity index (χ1v) is 6.61. The highest BCUT2D eigenvalue weighted by atomic mass is 32.1. The molecular formula is C11H16N4O2S. The predicted molar refractivity (Wildman–Crippen MR) is 68.2 cm³/mol. The minimum absolute atomic E-state index is 0.0761. The number of nitrogens with zero attached hydrogens (tertiary/aromatic N) is 3. The number of hydrogen-bond donors (Lipinski definition) is 1. The molecule has 0 amide bonds. The molecule has 7 heteroatoms. The second-order valence-electron chi connectivity index (χ2n) is 3.97. The normalized spacial score (nSPS) is 12.8. The Bertz CT molecular complexity index is 495. The third-order valence-electron chi connectivity index (χ3n) is 2.35. The molecule has 0 bridgehead atoms. The van der Waals surface area contributed by atoms with E-state index in [4.69, 9.17) is 15.0 Å². The summed E-state index contributed by atoms with van der Waals surface area (Å²) in [4.78, 5) is 8.66. The van der Waals surface area contributed by atoms with Crippen molar-refractivity contribution in [3.05, 3.63) is 16.2 Å². The molecule has 0 spiro atoms. The van der Waals surface area contributed by atoms with Crippen molar-refractivity contribution in [1.29, 1.82) is 0 Å². The monoisotopic (exact) mass is 268 g/mol. The first-order chi connectivity index (χ1) is 8.70. The smallest absolute Gasteiger partial charge is 0.277 e. The molecule has 2 aromatic rings. The van der Waals surface area contributed by atoms with Gasteiger partial charge in [-0.1, -0.05) is 5.16 Å². The maximum Gasteiger partial charge on any atom is 0.277 e. The Labute approximate surface area is 109 Å². The number of ether oxygens (including phenoxy) is 1. The van der Waals surface area contributed by atoms with Crippen LogP contribution in [0.5, 0.6) is 0 Å². The van der Waals surface area contributed by atoms with Crippen molar-refractivity contribution in [3.63, 3.8) is 0 Å². The van der Waals surface area contributed by atoms with Gasteiger partial charge in [0.25, 0.3) is 5.89 Å². The summed E-state index contributed by atoms with van der Waals surface area (Å²) in [6.07, 6.45) is 1.61. The molecule has 2 rings (SSSR count). The zero-order chi connectivity index (χ0) is 13.0. The average molecular weight is 268 g/mol. The maximum absolute atomic E-state index is 5.76. The van der Waals surface area contributed by atoms with Gasteiger partial charge in [-0.3, -0.25) is 0 Å². The largest absolute Gasteiger partial charge is 0.385 e. The Hall–Kier alpha value is -1.31. The average Bonchev–Trinajstić information content (AvgIpc) is 2.97. The number of thiazole rings is 1. The molecular weight excluding hydrogens is 252 g/mol. The van der Waals surface area contributed by atoms with Crippen LogP contribution < -0.4 is 5.73 Å². The van der Waals surface area contributed by atoms with Gasteiger partial charge in [0.05, 0.1) is 6.04 Å². The van der Waals surface area contributed by atoms with Crippen LogP contribution in [-0.2, 0) is 11.2 Å². The van der Waals surface area contributed by atoms with E-state index < -0.39 is 0 Å². The van der Waals surface area contributed by atoms with Gasteiger partial charge in [-0.15, -0.1) is 11.3 Å². The highest BCUT2D eigenvalue weighted by Gasteiger charge is 2.13. The molecule has 0 aliphatic heterocycles. The van der Waals surface area contributed by atoms with Crippen LogP contribution in [0.25, 0.3) is 11.6 Å². The number of rotatable bonds is 6. The molecule has 18 heavy (non-hydrogen) atoms. The highest BCUT2D eigenvalue weighted by Crippen LogP contribution is 2.23. The van der Waals surface area contributed by atoms with E-state index in [1.54, 1.807) is 7.11 Å². The Morgan fingerprint density at radius 3 is 3.00 bits per heavy atom. The van der Waals surface area contributed by atoms with Gasteiger partial charge in [0, 0.05) is 25.5 Å². The number of hydrogen-bond acceptors (Lipinski definition) is 7. The van der Waals surface area contributed by atoms with Crippen molar-refractivity contribution in [2.75, 3.05) is 13.7 Å². The van der Waals surface area contributed by atoms with Crippen molar-refractivity contribution in [3.8, 4) is 11.6 Å². The number of methoxy groups -OCH3 is 1. The SMILES string of the molecule is COCCCc1noc(-c2csc(C(C)N)n2)n1. The van der Waals surface area contributed by atoms with Crippen LogP contribution in [0, 0.1) is 0 Å². The fourth-order valence-corrected chi connectivity index (χ4v) is 2.18. The van der Waals surface area contributed by atoms with Gasteiger partial charge in [0.15, 0.2) is 5.82 Å². The van der Waals surface area contributed by atoms with Crippen LogP contribution in [0.2, 0.25) is 0 Å². The molecule has 0 fully saturated rings. The van der Waals surface area contributed by atoms with Crippen LogP contribution in [0.15, 0.2) is 9.90 Å². The molecule has 2 N–H and O–H groups in total. The molecule has 0 aliphatic carbocycles. The quantitative estimate of drug-likeness (QED) is 0.804. The summed E-state index contributed by atoms with van der Waals surface area (Å²) in [7, 11) is 1.67. The van der Waals surface area contributed by atoms with Gasteiger partial charge in [0.1, 0.15) is 10.7 Å². The van der Waals surface area contributed by atoms with Crippen molar-refractivity contribution in [2.45, 2.75) is 25.8 Å². The number of aryl methyl sites for hydroxylation is 1. The second-order valence-corrected chi connectivity index (χ2v) is 4.86. The molecule has 98 valence electrons. The van der Waals surface area contributed by atoms with E-state index in [1.807, 2.05) is 12.3 Å². The fourth-order valence-electron chi connectivity index (χ4n) is 1.43. The van der Waals surface area contributed by atoms with Crippen LogP contribution in [0.3, 0.4) is 0 Å². The van der Waals surface area contributed by atoms with Crippen molar-refractivity contribution < 1.29 is 9.26 Å². The topological polar surface area (TPSA) is 87.1 Å². The van der Waals surface area contributed by atoms with Gasteiger partial charge in [-0.2, -0.15) is 4.98 Å². The molecule has 1 unspecified atom stereocenters. The van der Waals surface area contributed by atoms with Crippen LogP contribution in [0.4, 0.5) is 0 Å². The minimum atomic E-state index is -0.0761. The van der Waals surface area contributed by atoms with Crippen molar-refractivity contribution in [1.82, 2.24) is 15.1 Å². The third kappa shape index (κ3) is 3.12. The van der Waals surface area contributed by atoms with E-state index in [-0.39, 0.29) is 6.04 Å². The minimum Gasteiger partial charge on any atom is -0.385 e. The number of nitrogens with two attached hydrogens (primary N) is 1. The summed E-state index contributed by atoms with van der Waals surface area (Å²) >= 11 is 1.50. The molecule has 0 aliphatic rings. The Morgan fingerprint density at radius 2 is 2.33 bits per heavy atom. The molecule has 1 atom stereocenters. The molecule has 0 radical (unpaired) electrons. The molecule has 0 saturated carbocycles. The number of aromatic nitrogens is 3. The third-order valence-corrected chi connectivity index (χ3v) is 3.39. The zero-order valence-corrected chi connectivity index (χ0v) is 11.2. The second kappa shape index (κ2) is 6.03. The summed E-state index contributed by atoms with van der Waals surface area (Å²) in [5.74, 6) is 1.13. The Morgan fingerprint density at radius 1 is 1.50 bits per heavy atom. The molecule has 0 aromatic carbocycles. The van der Waals surface area contributed by atoms with Gasteiger partial charge >= 0.3 is 0 Å². The summed E-state index contributed by atoms with van der Waals surface area (Å²) in [5, 5.41) is 6.66. The van der Waals surface area contributed by atoms with E-state index in [1.165, 1.54) is 11.3 Å². The first-order valence-electron chi connectivity index (χ1n) is 5.73. The standard InChI is InChI=1S/C11H16N4O2S/c1-7(12)11-13-8(6-18-11)10-14-9(15-17-10)4-3-5-16-2/h6-7H,3-5,12H2,1-2H3. The summed E-state index contributed by atoms with van der Waals surface area (Å²) < 4.78 is 10.1. The van der Waals surface area contributed by atoms with Crippen LogP contribution in [-0.4, -0.2) is 28.8 Å². The van der Waals surface area contributed by atoms with E-state index in [9.17, 15) is 0 Å². The predicted octanol–water partition coefficient (Wildman–Crippen LogP) is 1.79. The van der Waals surface area contributed by atoms with Gasteiger partial charge < -0.3 is 15.0 Å². The summed E-state index contributed by atoms with van der Waals surface area (Å²) in [6, 6.07) is -0.0761. The Kier molecular flexibility index (Phi) is 4.40. The lowest BCUT2D eigenvalue weighted by molar-refractivity contribution is 0.194. The molecule has 6 nitrogen and oxygen atoms in total. The lowest BCUT2D eigenvalue weighted by Gasteiger charge is -1.95. The fraction of sp³-hybridized carbons (Fsp3) is 0.545. The highest BCUT2D eigenvalue weighted by molar-refractivity contribution is 7.10. The molecule has 2 heterocycles. The Balaban J connectivity index is 2.04. The molecule has 0 saturated heterocycles. The summed E-state index contributed by atoms with van der Waals surface area (Å²) in [6.45, 7) is 2.59. The van der Waals surface area contributed by atoms with E-state index >= 15 is 0 Å². The van der Waals surface area contributed by atoms with Gasteiger partial charge in [-0.25, -0.2) is 4.98 Å².